The molecule has 19 heavy (non-hydrogen) atoms. The van der Waals surface area contributed by atoms with E-state index in [1.165, 1.54) is 0 Å². The second-order valence-corrected chi connectivity index (χ2v) is 8.52. The molecule has 0 amide bonds. The Labute approximate surface area is 123 Å². The first-order chi connectivity index (χ1) is 9.01. The van der Waals surface area contributed by atoms with Gasteiger partial charge >= 0.3 is 123 Å². The number of ketones is 1. The normalized spacial score (nSPS) is 43.3. The SMILES string of the molecule is C=CCC1CC(C2C(=O)[I-][C@H](CC)C2=O)C(O)C1O. The number of hydrogen-bond acceptors (Lipinski definition) is 4. The maximum absolute atomic E-state index is 12.2. The van der Waals surface area contributed by atoms with Crippen LogP contribution in [0.1, 0.15) is 26.2 Å². The molecular formula is C14H20IO4-. The first-order valence-corrected chi connectivity index (χ1v) is 9.01. The van der Waals surface area contributed by atoms with Gasteiger partial charge in [0.25, 0.3) is 0 Å². The summed E-state index contributed by atoms with van der Waals surface area (Å²) in [5.41, 5.74) is 0. The number of aliphatic hydroxyl groups excluding tert-OH is 2. The maximum atomic E-state index is 12.2. The minimum absolute atomic E-state index is 0.0100. The third-order valence-electron chi connectivity index (χ3n) is 4.20. The number of carbonyl (C=O) groups is 2. The van der Waals surface area contributed by atoms with Gasteiger partial charge in [-0.15, -0.1) is 0 Å². The predicted octanol–water partition coefficient (Wildman–Crippen LogP) is -2.49. The summed E-state index contributed by atoms with van der Waals surface area (Å²) < 4.78 is -0.0368. The summed E-state index contributed by atoms with van der Waals surface area (Å²) in [6, 6.07) is 0. The Morgan fingerprint density at radius 3 is 2.58 bits per heavy atom. The number of carbonyl (C=O) groups excluding carboxylic acids is 2. The minimum atomic E-state index is -0.956. The van der Waals surface area contributed by atoms with Crippen molar-refractivity contribution in [2.24, 2.45) is 17.8 Å². The summed E-state index contributed by atoms with van der Waals surface area (Å²) in [6.45, 7) is 5.57. The van der Waals surface area contributed by atoms with Crippen LogP contribution in [-0.4, -0.2) is 35.9 Å². The zero-order valence-electron chi connectivity index (χ0n) is 11.0. The fourth-order valence-corrected chi connectivity index (χ4v) is 6.19. The molecule has 0 aromatic rings. The van der Waals surface area contributed by atoms with Crippen LogP contribution in [0.4, 0.5) is 0 Å². The number of aliphatic hydroxyl groups is 2. The van der Waals surface area contributed by atoms with Crippen molar-refractivity contribution >= 4 is 9.57 Å². The molecule has 1 aliphatic heterocycles. The zero-order valence-corrected chi connectivity index (χ0v) is 13.1. The Morgan fingerprint density at radius 2 is 2.05 bits per heavy atom. The van der Waals surface area contributed by atoms with E-state index in [9.17, 15) is 19.8 Å². The molecule has 5 unspecified atom stereocenters. The van der Waals surface area contributed by atoms with Crippen molar-refractivity contribution in [3.05, 3.63) is 12.7 Å². The van der Waals surface area contributed by atoms with Crippen molar-refractivity contribution in [3.8, 4) is 0 Å². The first kappa shape index (κ1) is 15.1. The Hall–Kier alpha value is -0.270. The van der Waals surface area contributed by atoms with Crippen LogP contribution in [0.3, 0.4) is 0 Å². The van der Waals surface area contributed by atoms with Gasteiger partial charge in [-0.05, 0) is 0 Å². The number of hydrogen-bond donors (Lipinski definition) is 2. The van der Waals surface area contributed by atoms with E-state index in [1.54, 1.807) is 6.08 Å². The molecule has 1 heterocycles. The van der Waals surface area contributed by atoms with Crippen molar-refractivity contribution in [3.63, 3.8) is 0 Å². The van der Waals surface area contributed by atoms with Gasteiger partial charge in [-0.3, -0.25) is 0 Å². The monoisotopic (exact) mass is 379 g/mol. The van der Waals surface area contributed by atoms with Crippen LogP contribution in [0.2, 0.25) is 0 Å². The number of alkyl halides is 1. The van der Waals surface area contributed by atoms with Gasteiger partial charge in [0.1, 0.15) is 0 Å². The number of Topliss-reactive ketones (excluding diaryl/α,β-unsaturated/α-hetero) is 1. The van der Waals surface area contributed by atoms with Crippen LogP contribution in [-0.2, 0) is 9.59 Å². The molecule has 1 saturated heterocycles. The average molecular weight is 379 g/mol. The van der Waals surface area contributed by atoms with Crippen molar-refractivity contribution < 1.29 is 41.0 Å². The number of allylic oxidation sites excluding steroid dienone is 1. The van der Waals surface area contributed by atoms with Crippen LogP contribution in [0.25, 0.3) is 0 Å². The van der Waals surface area contributed by atoms with E-state index in [4.69, 9.17) is 0 Å². The van der Waals surface area contributed by atoms with Crippen molar-refractivity contribution in [2.45, 2.75) is 42.3 Å². The van der Waals surface area contributed by atoms with Crippen molar-refractivity contribution in [1.29, 1.82) is 0 Å². The average Bonchev–Trinajstić information content (AvgIpc) is 2.81. The van der Waals surface area contributed by atoms with E-state index in [-0.39, 0.29) is 19.4 Å². The summed E-state index contributed by atoms with van der Waals surface area (Å²) in [5, 5.41) is 20.1. The molecule has 1 aliphatic carbocycles. The topological polar surface area (TPSA) is 74.6 Å². The number of halogens is 1. The Balaban J connectivity index is 2.16. The van der Waals surface area contributed by atoms with Crippen LogP contribution in [0, 0.1) is 17.8 Å². The molecule has 4 nitrogen and oxygen atoms in total. The molecule has 5 heteroatoms. The van der Waals surface area contributed by atoms with Crippen molar-refractivity contribution in [2.75, 3.05) is 0 Å². The quantitative estimate of drug-likeness (QED) is 0.187. The standard InChI is InChI=1S/C14H20IO4/c1-3-5-7-6-8(12(17)11(7)16)10-13(18)9(4-2)15-14(10)19/h3,7-12,16-17H,1,4-6H2,2H3/q-1/t7?,8?,9-,10?,11?,12?/m1/s1. The third kappa shape index (κ3) is 2.64. The molecule has 108 valence electrons. The summed E-state index contributed by atoms with van der Waals surface area (Å²) in [7, 11) is 0. The predicted molar refractivity (Wildman–Crippen MR) is 66.0 cm³/mol. The van der Waals surface area contributed by atoms with Crippen LogP contribution >= 0.6 is 0 Å². The van der Waals surface area contributed by atoms with Gasteiger partial charge in [0.15, 0.2) is 0 Å². The molecule has 0 radical (unpaired) electrons. The molecule has 2 fully saturated rings. The molecule has 1 saturated carbocycles. The van der Waals surface area contributed by atoms with Gasteiger partial charge in [-0.2, -0.15) is 0 Å². The third-order valence-corrected chi connectivity index (χ3v) is 7.73. The number of rotatable bonds is 4. The second-order valence-electron chi connectivity index (χ2n) is 5.33. The molecule has 2 N–H and O–H groups in total. The Morgan fingerprint density at radius 1 is 1.37 bits per heavy atom. The second kappa shape index (κ2) is 6.01. The molecule has 0 bridgehead atoms. The van der Waals surface area contributed by atoms with Gasteiger partial charge in [0.05, 0.1) is 0 Å². The fourth-order valence-electron chi connectivity index (χ4n) is 3.16. The van der Waals surface area contributed by atoms with Gasteiger partial charge in [0.2, 0.25) is 0 Å². The first-order valence-electron chi connectivity index (χ1n) is 6.69. The molecule has 2 rings (SSSR count). The van der Waals surface area contributed by atoms with Gasteiger partial charge < -0.3 is 0 Å². The van der Waals surface area contributed by atoms with Crippen LogP contribution < -0.4 is 21.2 Å². The van der Waals surface area contributed by atoms with E-state index in [1.807, 2.05) is 6.92 Å². The van der Waals surface area contributed by atoms with Gasteiger partial charge in [-0.1, -0.05) is 0 Å². The molecule has 6 atom stereocenters. The zero-order chi connectivity index (χ0) is 14.2. The summed E-state index contributed by atoms with van der Waals surface area (Å²) >= 11 is -0.743. The fraction of sp³-hybridized carbons (Fsp3) is 0.714. The molecular weight excluding hydrogens is 359 g/mol. The molecule has 0 aromatic heterocycles. The van der Waals surface area contributed by atoms with Gasteiger partial charge in [-0.25, -0.2) is 0 Å². The van der Waals surface area contributed by atoms with E-state index in [2.05, 4.69) is 6.58 Å². The summed E-state index contributed by atoms with van der Waals surface area (Å²) in [6.07, 6.45) is 1.77. The van der Waals surface area contributed by atoms with Crippen LogP contribution in [0.5, 0.6) is 0 Å². The van der Waals surface area contributed by atoms with Gasteiger partial charge in [0, 0.05) is 0 Å². The van der Waals surface area contributed by atoms with E-state index in [0.717, 1.165) is 6.42 Å². The van der Waals surface area contributed by atoms with E-state index in [0.29, 0.717) is 12.8 Å². The summed E-state index contributed by atoms with van der Waals surface area (Å²) in [4.78, 5) is 24.3. The Kier molecular flexibility index (Phi) is 4.79. The summed E-state index contributed by atoms with van der Waals surface area (Å²) in [5.74, 6) is -1.12. The van der Waals surface area contributed by atoms with E-state index >= 15 is 0 Å². The molecule has 0 aromatic carbocycles. The van der Waals surface area contributed by atoms with Crippen LogP contribution in [0.15, 0.2) is 12.7 Å². The molecule has 2 aliphatic rings. The van der Waals surface area contributed by atoms with E-state index < -0.39 is 45.2 Å². The Bertz CT molecular complexity index is 395. The molecule has 0 spiro atoms. The van der Waals surface area contributed by atoms with Crippen molar-refractivity contribution in [1.82, 2.24) is 0 Å².